The van der Waals surface area contributed by atoms with Gasteiger partial charge in [-0.2, -0.15) is 11.8 Å². The van der Waals surface area contributed by atoms with E-state index in [9.17, 15) is 68.4 Å². The molecule has 0 aliphatic heterocycles. The van der Waals surface area contributed by atoms with Crippen LogP contribution in [0.4, 0.5) is 0 Å². The van der Waals surface area contributed by atoms with Gasteiger partial charge >= 0.3 is 5.97 Å². The lowest BCUT2D eigenvalue weighted by Crippen LogP contribution is -2.60. The number of H-pyrrole nitrogens is 1. The maximum atomic E-state index is 14.2. The van der Waals surface area contributed by atoms with Crippen LogP contribution in [0.5, 0.6) is 5.75 Å². The number of aromatic nitrogens is 2. The number of amides is 9. The standard InChI is InChI=1S/C50H82N18O14S/c1-25(2)18-36(48(81)82)67-45(78)35(20-29-21-56-24-60-29)66-44(77)33(9-7-16-58-50(54)55)63-43(76)32(8-6-15-57-49(52)53)64-46(79)37(23-69)62-38(72)22-59-42(75)34(19-28-10-12-30(71)13-11-28)65-40(73)26(3)61-47(80)39(27(4)70)68-41(74)31(51)14-17-83-5/h10-13,21,24-27,31-37,39,69-71H,6-9,14-20,22-23,51H2,1-5H3,(H,56,60)(H,59,75)(H,61,80)(H,62,72)(H,63,76)(H,64,79)(H,65,73)(H,66,77)(H,67,78)(H,68,74)(H,81,82)(H4,52,53,57)(H4,54,55,58)/t26-,27+,31-,32-,33-,34-,35-,36-,37-,39-/m0/s1. The molecule has 1 aromatic heterocycles. The van der Waals surface area contributed by atoms with E-state index in [4.69, 9.17) is 28.7 Å². The largest absolute Gasteiger partial charge is 0.508 e. The van der Waals surface area contributed by atoms with E-state index in [0.717, 1.165) is 0 Å². The quantitative estimate of drug-likeness (QED) is 0.0169. The van der Waals surface area contributed by atoms with E-state index in [2.05, 4.69) is 67.8 Å². The molecule has 24 N–H and O–H groups in total. The van der Waals surface area contributed by atoms with Gasteiger partial charge < -0.3 is 102 Å². The monoisotopic (exact) mass is 1190 g/mol. The van der Waals surface area contributed by atoms with Crippen LogP contribution in [0.3, 0.4) is 0 Å². The number of aromatic hydroxyl groups is 1. The smallest absolute Gasteiger partial charge is 0.326 e. The minimum absolute atomic E-state index is 0.0104. The number of nitrogens with one attached hydrogen (secondary N) is 10. The predicted molar refractivity (Wildman–Crippen MR) is 305 cm³/mol. The molecule has 0 aliphatic carbocycles. The van der Waals surface area contributed by atoms with Crippen molar-refractivity contribution in [3.8, 4) is 5.75 Å². The Bertz CT molecular complexity index is 2510. The van der Waals surface area contributed by atoms with E-state index in [1.54, 1.807) is 13.8 Å². The molecule has 2 aromatic rings. The Balaban J connectivity index is 2.34. The highest BCUT2D eigenvalue weighted by molar-refractivity contribution is 7.98. The van der Waals surface area contributed by atoms with E-state index in [0.29, 0.717) is 17.0 Å². The minimum atomic E-state index is -1.77. The minimum Gasteiger partial charge on any atom is -0.508 e. The first-order valence-electron chi connectivity index (χ1n) is 26.5. The molecule has 1 heterocycles. The Hall–Kier alpha value is -8.30. The number of nitrogens with two attached hydrogens (primary N) is 5. The zero-order chi connectivity index (χ0) is 62.3. The summed E-state index contributed by atoms with van der Waals surface area (Å²) >= 11 is 1.45. The fourth-order valence-corrected chi connectivity index (χ4v) is 8.16. The van der Waals surface area contributed by atoms with Crippen molar-refractivity contribution in [3.05, 3.63) is 48.0 Å². The van der Waals surface area contributed by atoms with E-state index in [1.807, 2.05) is 6.26 Å². The number of guanidine groups is 2. The molecule has 10 atom stereocenters. The predicted octanol–water partition coefficient (Wildman–Crippen LogP) is -6.39. The molecule has 0 saturated carbocycles. The van der Waals surface area contributed by atoms with Gasteiger partial charge in [-0.15, -0.1) is 0 Å². The summed E-state index contributed by atoms with van der Waals surface area (Å²) in [5.41, 5.74) is 28.7. The Kier molecular flexibility index (Phi) is 31.5. The summed E-state index contributed by atoms with van der Waals surface area (Å²) in [5.74, 6) is -9.96. The summed E-state index contributed by atoms with van der Waals surface area (Å²) in [6, 6.07) is -7.24. The normalized spacial score (nSPS) is 14.6. The van der Waals surface area contributed by atoms with Gasteiger partial charge in [0.05, 0.1) is 31.6 Å². The number of hydrogen-bond acceptors (Lipinski definition) is 18. The molecule has 9 amide bonds. The van der Waals surface area contributed by atoms with E-state index in [1.165, 1.54) is 62.4 Å². The van der Waals surface area contributed by atoms with Gasteiger partial charge in [0, 0.05) is 37.8 Å². The molecule has 0 saturated heterocycles. The zero-order valence-corrected chi connectivity index (χ0v) is 47.8. The summed E-state index contributed by atoms with van der Waals surface area (Å²) in [6.45, 7) is 4.09. The van der Waals surface area contributed by atoms with Crippen molar-refractivity contribution >= 4 is 82.8 Å². The third kappa shape index (κ3) is 27.3. The fourth-order valence-electron chi connectivity index (χ4n) is 7.67. The van der Waals surface area contributed by atoms with Crippen LogP contribution in [0.15, 0.2) is 46.8 Å². The number of aliphatic imine (C=N–C) groups is 2. The number of nitrogens with zero attached hydrogens (tertiary/aromatic N) is 3. The van der Waals surface area contributed by atoms with E-state index in [-0.39, 0.29) is 88.0 Å². The van der Waals surface area contributed by atoms with Gasteiger partial charge in [0.25, 0.3) is 0 Å². The molecule has 0 fully saturated rings. The Labute approximate surface area is 483 Å². The third-order valence-electron chi connectivity index (χ3n) is 12.1. The van der Waals surface area contributed by atoms with Gasteiger partial charge in [-0.3, -0.25) is 53.1 Å². The second-order valence-electron chi connectivity index (χ2n) is 19.7. The fraction of sp³-hybridized carbons (Fsp3) is 0.580. The molecule has 2 rings (SSSR count). The highest BCUT2D eigenvalue weighted by atomic mass is 32.2. The van der Waals surface area contributed by atoms with Crippen molar-refractivity contribution in [3.63, 3.8) is 0 Å². The number of carbonyl (C=O) groups is 10. The maximum absolute atomic E-state index is 14.2. The number of carboxylic acid groups (broad SMARTS) is 1. The van der Waals surface area contributed by atoms with Gasteiger partial charge in [-0.05, 0) is 88.0 Å². The molecule has 0 radical (unpaired) electrons. The number of imidazole rings is 1. The molecular formula is C50H82N18O14S. The summed E-state index contributed by atoms with van der Waals surface area (Å²) in [6.07, 6.45) is 2.84. The number of carboxylic acids is 1. The van der Waals surface area contributed by atoms with Crippen LogP contribution in [0.25, 0.3) is 0 Å². The number of aromatic amines is 1. The molecule has 83 heavy (non-hydrogen) atoms. The van der Waals surface area contributed by atoms with Crippen LogP contribution in [0, 0.1) is 5.92 Å². The average molecular weight is 1190 g/mol. The maximum Gasteiger partial charge on any atom is 0.326 e. The number of benzene rings is 1. The van der Waals surface area contributed by atoms with Gasteiger partial charge in [-0.1, -0.05) is 26.0 Å². The first-order valence-corrected chi connectivity index (χ1v) is 27.9. The van der Waals surface area contributed by atoms with Gasteiger partial charge in [0.15, 0.2) is 11.9 Å². The first-order chi connectivity index (χ1) is 39.1. The number of hydrogen-bond donors (Lipinski definition) is 19. The number of thioether (sulfide) groups is 1. The Morgan fingerprint density at radius 3 is 1.65 bits per heavy atom. The second-order valence-corrected chi connectivity index (χ2v) is 20.7. The lowest BCUT2D eigenvalue weighted by Gasteiger charge is -2.27. The molecule has 462 valence electrons. The van der Waals surface area contributed by atoms with Gasteiger partial charge in [-0.25, -0.2) is 9.78 Å². The molecular weight excluding hydrogens is 1110 g/mol. The molecule has 33 heteroatoms. The van der Waals surface area contributed by atoms with Crippen LogP contribution in [-0.4, -0.2) is 200 Å². The highest BCUT2D eigenvalue weighted by Gasteiger charge is 2.35. The van der Waals surface area contributed by atoms with Crippen LogP contribution in [0.1, 0.15) is 77.5 Å². The number of aliphatic hydroxyl groups excluding tert-OH is 2. The second kappa shape index (κ2) is 36.9. The Morgan fingerprint density at radius 1 is 0.639 bits per heavy atom. The van der Waals surface area contributed by atoms with E-state index >= 15 is 0 Å². The van der Waals surface area contributed by atoms with Crippen LogP contribution in [-0.2, 0) is 60.8 Å². The number of carbonyl (C=O) groups excluding carboxylic acids is 9. The number of aliphatic carboxylic acids is 1. The molecule has 0 bridgehead atoms. The number of rotatable bonds is 38. The zero-order valence-electron chi connectivity index (χ0n) is 47.0. The van der Waals surface area contributed by atoms with E-state index < -0.39 is 133 Å². The number of phenolic OH excluding ortho intramolecular Hbond substituents is 1. The molecule has 0 aliphatic rings. The van der Waals surface area contributed by atoms with Crippen molar-refractivity contribution in [2.45, 2.75) is 140 Å². The topological polar surface area (TPSA) is 543 Å². The SMILES string of the molecule is CSCC[C@H](N)C(=O)N[C@H](C(=O)N[C@@H](C)C(=O)N[C@@H](Cc1ccc(O)cc1)C(=O)NCC(=O)N[C@@H](CO)C(=O)N[C@@H](CCCN=C(N)N)C(=O)N[C@@H](CCCN=C(N)N)C(=O)N[C@@H](Cc1cnc[nH]1)C(=O)N[C@@H](CC(C)C)C(=O)O)[C@@H](C)O. The summed E-state index contributed by atoms with van der Waals surface area (Å²) in [4.78, 5) is 149. The lowest BCUT2D eigenvalue weighted by atomic mass is 10.0. The van der Waals surface area contributed by atoms with Crippen molar-refractivity contribution in [1.29, 1.82) is 0 Å². The lowest BCUT2D eigenvalue weighted by molar-refractivity contribution is -0.142. The first kappa shape index (κ1) is 70.8. The Morgan fingerprint density at radius 2 is 1.16 bits per heavy atom. The van der Waals surface area contributed by atoms with Gasteiger partial charge in [0.1, 0.15) is 54.1 Å². The number of phenols is 1. The van der Waals surface area contributed by atoms with Crippen molar-refractivity contribution in [2.75, 3.05) is 38.2 Å². The van der Waals surface area contributed by atoms with Crippen LogP contribution < -0.4 is 76.5 Å². The van der Waals surface area contributed by atoms with Crippen LogP contribution in [0.2, 0.25) is 0 Å². The third-order valence-corrected chi connectivity index (χ3v) is 12.8. The average Bonchev–Trinajstić information content (AvgIpc) is 4.06. The van der Waals surface area contributed by atoms with Crippen molar-refractivity contribution in [2.24, 2.45) is 44.6 Å². The molecule has 1 aromatic carbocycles. The highest BCUT2D eigenvalue weighted by Crippen LogP contribution is 2.13. The molecule has 0 spiro atoms. The molecule has 32 nitrogen and oxygen atoms in total. The summed E-state index contributed by atoms with van der Waals surface area (Å²) in [5, 5.41) is 62.2. The summed E-state index contributed by atoms with van der Waals surface area (Å²) < 4.78 is 0. The van der Waals surface area contributed by atoms with Crippen molar-refractivity contribution < 1.29 is 68.4 Å². The van der Waals surface area contributed by atoms with Gasteiger partial charge in [0.2, 0.25) is 53.2 Å². The molecule has 0 unspecified atom stereocenters. The summed E-state index contributed by atoms with van der Waals surface area (Å²) in [7, 11) is 0. The van der Waals surface area contributed by atoms with Crippen LogP contribution >= 0.6 is 11.8 Å². The van der Waals surface area contributed by atoms with Crippen molar-refractivity contribution in [1.82, 2.24) is 57.8 Å². The number of aliphatic hydroxyl groups is 2.